The molecule has 0 saturated heterocycles. The molecule has 30 heavy (non-hydrogen) atoms. The van der Waals surface area contributed by atoms with Crippen LogP contribution in [0.1, 0.15) is 36.3 Å². The molecule has 0 bridgehead atoms. The van der Waals surface area contributed by atoms with Crippen molar-refractivity contribution in [3.63, 3.8) is 0 Å². The molecule has 0 N–H and O–H groups in total. The predicted octanol–water partition coefficient (Wildman–Crippen LogP) is 6.12. The number of carbonyl (C=O) groups is 1. The zero-order valence-corrected chi connectivity index (χ0v) is 16.8. The molecule has 0 radical (unpaired) electrons. The van der Waals surface area contributed by atoms with Gasteiger partial charge in [-0.3, -0.25) is 19.9 Å². The molecule has 0 fully saturated rings. The molecule has 1 aliphatic carbocycles. The summed E-state index contributed by atoms with van der Waals surface area (Å²) in [6, 6.07) is 18.5. The fourth-order valence-corrected chi connectivity index (χ4v) is 4.67. The van der Waals surface area contributed by atoms with Crippen LogP contribution in [-0.4, -0.2) is 15.7 Å². The Balaban J connectivity index is 2.02. The van der Waals surface area contributed by atoms with Gasteiger partial charge >= 0.3 is 0 Å². The van der Waals surface area contributed by atoms with Crippen molar-refractivity contribution >= 4 is 33.1 Å². The van der Waals surface area contributed by atoms with Crippen molar-refractivity contribution in [1.29, 1.82) is 0 Å². The van der Waals surface area contributed by atoms with Gasteiger partial charge in [-0.25, -0.2) is 0 Å². The van der Waals surface area contributed by atoms with Crippen molar-refractivity contribution in [2.24, 2.45) is 5.41 Å². The molecule has 1 heterocycles. The van der Waals surface area contributed by atoms with Crippen molar-refractivity contribution in [3.8, 4) is 11.1 Å². The topological polar surface area (TPSA) is 73.1 Å². The van der Waals surface area contributed by atoms with Crippen LogP contribution in [0.25, 0.3) is 32.8 Å². The van der Waals surface area contributed by atoms with E-state index in [9.17, 15) is 14.9 Å². The molecular weight excluding hydrogens is 376 g/mol. The van der Waals surface area contributed by atoms with Crippen molar-refractivity contribution in [3.05, 3.63) is 82.0 Å². The first-order valence-electron chi connectivity index (χ1n) is 9.97. The Hall–Kier alpha value is -3.60. The standard InChI is InChI=1S/C25H20N2O3/c1-25(2)13-19-24(21(28)14-25)23(17-9-5-6-10-20(17)27(29)30)22-16-8-4-3-7-15(16)11-12-18(22)26-19/h3-12H,13-14H2,1-2H3. The minimum absolute atomic E-state index is 0.00207. The Kier molecular flexibility index (Phi) is 3.97. The molecule has 4 aromatic rings. The van der Waals surface area contributed by atoms with Crippen LogP contribution in [0.4, 0.5) is 5.69 Å². The normalized spacial score (nSPS) is 15.3. The second-order valence-electron chi connectivity index (χ2n) is 8.70. The van der Waals surface area contributed by atoms with Gasteiger partial charge in [0, 0.05) is 29.0 Å². The number of para-hydroxylation sites is 1. The highest BCUT2D eigenvalue weighted by atomic mass is 16.6. The van der Waals surface area contributed by atoms with E-state index in [1.165, 1.54) is 6.07 Å². The van der Waals surface area contributed by atoms with Gasteiger partial charge in [0.25, 0.3) is 5.69 Å². The quantitative estimate of drug-likeness (QED) is 0.232. The number of ketones is 1. The molecular formula is C25H20N2O3. The molecule has 148 valence electrons. The number of Topliss-reactive ketones (excluding diaryl/α,β-unsaturated/α-hetero) is 1. The molecule has 3 aromatic carbocycles. The van der Waals surface area contributed by atoms with Crippen LogP contribution in [-0.2, 0) is 6.42 Å². The first kappa shape index (κ1) is 18.4. The van der Waals surface area contributed by atoms with Crippen LogP contribution in [0.2, 0.25) is 0 Å². The first-order valence-corrected chi connectivity index (χ1v) is 9.97. The first-order chi connectivity index (χ1) is 14.4. The van der Waals surface area contributed by atoms with E-state index in [1.807, 2.05) is 36.4 Å². The number of benzene rings is 3. The Morgan fingerprint density at radius 1 is 0.933 bits per heavy atom. The van der Waals surface area contributed by atoms with E-state index in [-0.39, 0.29) is 21.8 Å². The second-order valence-corrected chi connectivity index (χ2v) is 8.70. The third-order valence-electron chi connectivity index (χ3n) is 5.89. The number of nitrogens with zero attached hydrogens (tertiary/aromatic N) is 2. The number of nitro groups is 1. The lowest BCUT2D eigenvalue weighted by molar-refractivity contribution is -0.384. The molecule has 0 spiro atoms. The monoisotopic (exact) mass is 396 g/mol. The van der Waals surface area contributed by atoms with Gasteiger partial charge in [-0.1, -0.05) is 56.3 Å². The molecule has 5 heteroatoms. The van der Waals surface area contributed by atoms with E-state index in [0.717, 1.165) is 27.4 Å². The van der Waals surface area contributed by atoms with Gasteiger partial charge in [0.2, 0.25) is 0 Å². The highest BCUT2D eigenvalue weighted by Crippen LogP contribution is 2.45. The summed E-state index contributed by atoms with van der Waals surface area (Å²) in [6.45, 7) is 4.12. The smallest absolute Gasteiger partial charge is 0.277 e. The number of aromatic nitrogens is 1. The Morgan fingerprint density at radius 2 is 1.67 bits per heavy atom. The zero-order chi connectivity index (χ0) is 21.0. The van der Waals surface area contributed by atoms with E-state index >= 15 is 0 Å². The van der Waals surface area contributed by atoms with Crippen molar-refractivity contribution in [2.75, 3.05) is 0 Å². The average molecular weight is 396 g/mol. The summed E-state index contributed by atoms with van der Waals surface area (Å²) < 4.78 is 0. The minimum atomic E-state index is -0.379. The maximum atomic E-state index is 13.3. The summed E-state index contributed by atoms with van der Waals surface area (Å²) in [5.41, 5.74) is 2.93. The van der Waals surface area contributed by atoms with Gasteiger partial charge in [-0.2, -0.15) is 0 Å². The van der Waals surface area contributed by atoms with E-state index < -0.39 is 0 Å². The van der Waals surface area contributed by atoms with Crippen LogP contribution in [0.3, 0.4) is 0 Å². The summed E-state index contributed by atoms with van der Waals surface area (Å²) in [7, 11) is 0. The van der Waals surface area contributed by atoms with Crippen LogP contribution in [0.15, 0.2) is 60.7 Å². The lowest BCUT2D eigenvalue weighted by Crippen LogP contribution is -2.28. The van der Waals surface area contributed by atoms with Gasteiger partial charge in [0.15, 0.2) is 5.78 Å². The summed E-state index contributed by atoms with van der Waals surface area (Å²) in [5.74, 6) is -0.00302. The SMILES string of the molecule is CC1(C)CC(=O)c2c(nc3ccc4ccccc4c3c2-c2ccccc2[N+](=O)[O-])C1. The minimum Gasteiger partial charge on any atom is -0.294 e. The number of hydrogen-bond acceptors (Lipinski definition) is 4. The van der Waals surface area contributed by atoms with Crippen molar-refractivity contribution < 1.29 is 9.72 Å². The van der Waals surface area contributed by atoms with Gasteiger partial charge in [0.05, 0.1) is 21.7 Å². The van der Waals surface area contributed by atoms with E-state index in [4.69, 9.17) is 4.98 Å². The van der Waals surface area contributed by atoms with Crippen LogP contribution in [0, 0.1) is 15.5 Å². The highest BCUT2D eigenvalue weighted by Gasteiger charge is 2.36. The Morgan fingerprint density at radius 3 is 2.47 bits per heavy atom. The number of carbonyl (C=O) groups excluding carboxylic acids is 1. The molecule has 0 unspecified atom stereocenters. The third-order valence-corrected chi connectivity index (χ3v) is 5.89. The summed E-state index contributed by atoms with van der Waals surface area (Å²) in [6.07, 6.45) is 1.05. The molecule has 0 aliphatic heterocycles. The fourth-order valence-electron chi connectivity index (χ4n) is 4.67. The van der Waals surface area contributed by atoms with E-state index in [1.54, 1.807) is 18.2 Å². The summed E-state index contributed by atoms with van der Waals surface area (Å²) >= 11 is 0. The summed E-state index contributed by atoms with van der Waals surface area (Å²) in [4.78, 5) is 29.7. The van der Waals surface area contributed by atoms with Gasteiger partial charge in [0.1, 0.15) is 0 Å². The molecule has 0 saturated carbocycles. The van der Waals surface area contributed by atoms with Crippen LogP contribution < -0.4 is 0 Å². The Bertz CT molecular complexity index is 1370. The molecule has 0 atom stereocenters. The maximum Gasteiger partial charge on any atom is 0.277 e. The number of hydrogen-bond donors (Lipinski definition) is 0. The van der Waals surface area contributed by atoms with Crippen LogP contribution >= 0.6 is 0 Å². The predicted molar refractivity (Wildman–Crippen MR) is 118 cm³/mol. The number of fused-ring (bicyclic) bond motifs is 4. The number of nitro benzene ring substituents is 1. The van der Waals surface area contributed by atoms with E-state index in [0.29, 0.717) is 29.5 Å². The average Bonchev–Trinajstić information content (AvgIpc) is 2.71. The largest absolute Gasteiger partial charge is 0.294 e. The fraction of sp³-hybridized carbons (Fsp3) is 0.200. The lowest BCUT2D eigenvalue weighted by atomic mass is 9.73. The van der Waals surface area contributed by atoms with Gasteiger partial charge < -0.3 is 0 Å². The molecule has 1 aromatic heterocycles. The molecule has 5 nitrogen and oxygen atoms in total. The molecule has 5 rings (SSSR count). The van der Waals surface area contributed by atoms with E-state index in [2.05, 4.69) is 13.8 Å². The summed E-state index contributed by atoms with van der Waals surface area (Å²) in [5, 5.41) is 14.6. The van der Waals surface area contributed by atoms with Crippen molar-refractivity contribution in [2.45, 2.75) is 26.7 Å². The molecule has 0 amide bonds. The molecule has 1 aliphatic rings. The lowest BCUT2D eigenvalue weighted by Gasteiger charge is -2.31. The highest BCUT2D eigenvalue weighted by molar-refractivity contribution is 6.19. The van der Waals surface area contributed by atoms with Gasteiger partial charge in [-0.05, 0) is 34.7 Å². The number of rotatable bonds is 2. The van der Waals surface area contributed by atoms with Gasteiger partial charge in [-0.15, -0.1) is 0 Å². The van der Waals surface area contributed by atoms with Crippen molar-refractivity contribution in [1.82, 2.24) is 4.98 Å². The zero-order valence-electron chi connectivity index (χ0n) is 16.8. The Labute approximate surface area is 173 Å². The maximum absolute atomic E-state index is 13.3. The second kappa shape index (κ2) is 6.46. The number of pyridine rings is 1. The third kappa shape index (κ3) is 2.77. The van der Waals surface area contributed by atoms with Crippen LogP contribution in [0.5, 0.6) is 0 Å².